The molecule has 13 heteroatoms. The van der Waals surface area contributed by atoms with Gasteiger partial charge in [-0.25, -0.2) is 24.5 Å². The summed E-state index contributed by atoms with van der Waals surface area (Å²) in [7, 11) is 0. The molecule has 34 heavy (non-hydrogen) atoms. The van der Waals surface area contributed by atoms with E-state index in [1.807, 2.05) is 6.07 Å². The van der Waals surface area contributed by atoms with Crippen LogP contribution in [0.4, 0.5) is 4.79 Å². The third kappa shape index (κ3) is 4.82. The molecule has 2 aromatic heterocycles. The maximum atomic E-state index is 12.2. The topological polar surface area (TPSA) is 189 Å². The van der Waals surface area contributed by atoms with Crippen molar-refractivity contribution < 1.29 is 39.5 Å². The number of rotatable bonds is 8. The molecule has 180 valence electrons. The van der Waals surface area contributed by atoms with Gasteiger partial charge in [0.1, 0.15) is 42.8 Å². The number of nitrogens with zero attached hydrogens (tertiary/aromatic N) is 4. The zero-order valence-corrected chi connectivity index (χ0v) is 17.8. The number of amides is 1. The summed E-state index contributed by atoms with van der Waals surface area (Å²) in [6.07, 6.45) is -3.34. The van der Waals surface area contributed by atoms with Crippen LogP contribution in [0.5, 0.6) is 0 Å². The number of carbonyl (C=O) groups is 2. The minimum atomic E-state index is -1.36. The number of carbonyl (C=O) groups excluding carboxylic acids is 1. The molecule has 1 aliphatic rings. The van der Waals surface area contributed by atoms with Gasteiger partial charge in [-0.05, 0) is 5.56 Å². The van der Waals surface area contributed by atoms with E-state index in [1.54, 1.807) is 24.3 Å². The van der Waals surface area contributed by atoms with Crippen LogP contribution in [-0.4, -0.2) is 83.0 Å². The van der Waals surface area contributed by atoms with Gasteiger partial charge in [0.15, 0.2) is 11.9 Å². The van der Waals surface area contributed by atoms with Crippen LogP contribution in [0.15, 0.2) is 43.0 Å². The van der Waals surface area contributed by atoms with Crippen LogP contribution in [0.1, 0.15) is 17.5 Å². The Morgan fingerprint density at radius 3 is 2.59 bits per heavy atom. The average molecular weight is 473 g/mol. The number of aliphatic carboxylic acids is 1. The summed E-state index contributed by atoms with van der Waals surface area (Å²) >= 11 is 0. The number of aliphatic hydroxyl groups excluding tert-OH is 3. The first-order valence-corrected chi connectivity index (χ1v) is 10.4. The van der Waals surface area contributed by atoms with Gasteiger partial charge in [-0.3, -0.25) is 4.57 Å². The van der Waals surface area contributed by atoms with Gasteiger partial charge >= 0.3 is 12.1 Å². The Bertz CT molecular complexity index is 1160. The summed E-state index contributed by atoms with van der Waals surface area (Å²) in [6, 6.07) is 7.57. The molecule has 1 aliphatic heterocycles. The third-order valence-electron chi connectivity index (χ3n) is 5.43. The summed E-state index contributed by atoms with van der Waals surface area (Å²) in [5.74, 6) is -1.30. The van der Waals surface area contributed by atoms with Crippen LogP contribution in [0.3, 0.4) is 0 Å². The molecule has 4 rings (SSSR count). The maximum Gasteiger partial charge on any atom is 0.408 e. The largest absolute Gasteiger partial charge is 0.480 e. The molecule has 1 amide bonds. The highest BCUT2D eigenvalue weighted by molar-refractivity contribution is 5.81. The van der Waals surface area contributed by atoms with E-state index in [4.69, 9.17) is 9.47 Å². The molecule has 0 bridgehead atoms. The van der Waals surface area contributed by atoms with Gasteiger partial charge in [-0.15, -0.1) is 0 Å². The van der Waals surface area contributed by atoms with E-state index in [1.165, 1.54) is 17.2 Å². The molecule has 3 heterocycles. The second-order valence-electron chi connectivity index (χ2n) is 7.67. The minimum absolute atomic E-state index is 0.0223. The van der Waals surface area contributed by atoms with E-state index in [0.29, 0.717) is 0 Å². The van der Waals surface area contributed by atoms with Crippen molar-refractivity contribution in [2.24, 2.45) is 0 Å². The van der Waals surface area contributed by atoms with E-state index >= 15 is 0 Å². The summed E-state index contributed by atoms with van der Waals surface area (Å²) in [5, 5.41) is 41.5. The fourth-order valence-corrected chi connectivity index (χ4v) is 3.65. The molecule has 5 N–H and O–H groups in total. The fourth-order valence-electron chi connectivity index (χ4n) is 3.65. The number of carboxylic acid groups (broad SMARTS) is 1. The van der Waals surface area contributed by atoms with Crippen LogP contribution in [0.2, 0.25) is 0 Å². The molecule has 0 radical (unpaired) electrons. The van der Waals surface area contributed by atoms with E-state index in [9.17, 15) is 30.0 Å². The highest BCUT2D eigenvalue weighted by atomic mass is 16.6. The zero-order valence-electron chi connectivity index (χ0n) is 17.8. The number of hydrogen-bond acceptors (Lipinski definition) is 10. The second-order valence-corrected chi connectivity index (χ2v) is 7.67. The number of alkyl carbamates (subject to hydrolysis) is 1. The lowest BCUT2D eigenvalue weighted by Gasteiger charge is -2.17. The third-order valence-corrected chi connectivity index (χ3v) is 5.43. The van der Waals surface area contributed by atoms with Crippen molar-refractivity contribution in [3.8, 4) is 0 Å². The average Bonchev–Trinajstić information content (AvgIpc) is 3.39. The van der Waals surface area contributed by atoms with Gasteiger partial charge in [-0.2, -0.15) is 0 Å². The second kappa shape index (κ2) is 10.1. The molecule has 0 unspecified atom stereocenters. The smallest absolute Gasteiger partial charge is 0.408 e. The molecule has 0 aliphatic carbocycles. The molecule has 0 spiro atoms. The lowest BCUT2D eigenvalue weighted by molar-refractivity contribution is -0.139. The Morgan fingerprint density at radius 2 is 1.91 bits per heavy atom. The van der Waals surface area contributed by atoms with Gasteiger partial charge < -0.3 is 35.2 Å². The number of fused-ring (bicyclic) bond motifs is 1. The predicted octanol–water partition coefficient (Wildman–Crippen LogP) is -0.640. The number of nitrogens with one attached hydrogen (secondary N) is 1. The van der Waals surface area contributed by atoms with Crippen molar-refractivity contribution in [1.29, 1.82) is 0 Å². The maximum absolute atomic E-state index is 12.2. The number of benzene rings is 1. The summed E-state index contributed by atoms with van der Waals surface area (Å²) in [4.78, 5) is 36.4. The van der Waals surface area contributed by atoms with Crippen molar-refractivity contribution >= 4 is 23.2 Å². The molecule has 1 aromatic carbocycles. The van der Waals surface area contributed by atoms with E-state index in [0.717, 1.165) is 5.56 Å². The quantitative estimate of drug-likeness (QED) is 0.280. The van der Waals surface area contributed by atoms with Gasteiger partial charge in [-0.1, -0.05) is 30.3 Å². The molecular weight excluding hydrogens is 450 g/mol. The zero-order chi connectivity index (χ0) is 24.2. The molecule has 3 aromatic rings. The lowest BCUT2D eigenvalue weighted by Crippen LogP contribution is -2.42. The van der Waals surface area contributed by atoms with Crippen LogP contribution in [0.25, 0.3) is 11.2 Å². The van der Waals surface area contributed by atoms with E-state index in [2.05, 4.69) is 20.3 Å². The Hall–Kier alpha value is -3.65. The Kier molecular flexibility index (Phi) is 6.98. The van der Waals surface area contributed by atoms with Crippen LogP contribution in [-0.2, 0) is 27.3 Å². The van der Waals surface area contributed by atoms with Gasteiger partial charge in [0.05, 0.1) is 18.6 Å². The van der Waals surface area contributed by atoms with Crippen molar-refractivity contribution in [2.75, 3.05) is 6.61 Å². The monoisotopic (exact) mass is 473 g/mol. The van der Waals surface area contributed by atoms with Crippen molar-refractivity contribution in [3.05, 3.63) is 54.2 Å². The molecule has 1 fully saturated rings. The van der Waals surface area contributed by atoms with E-state index in [-0.39, 0.29) is 29.9 Å². The highest BCUT2D eigenvalue weighted by Gasteiger charge is 2.44. The highest BCUT2D eigenvalue weighted by Crippen LogP contribution is 2.31. The molecule has 13 nitrogen and oxygen atoms in total. The van der Waals surface area contributed by atoms with Crippen molar-refractivity contribution in [2.45, 2.75) is 43.6 Å². The first-order chi connectivity index (χ1) is 16.4. The number of ether oxygens (including phenoxy) is 2. The number of aromatic nitrogens is 4. The normalized spacial score (nSPS) is 23.0. The molecule has 0 saturated carbocycles. The van der Waals surface area contributed by atoms with Crippen LogP contribution < -0.4 is 5.32 Å². The lowest BCUT2D eigenvalue weighted by atomic mass is 10.1. The fraction of sp³-hybridized carbons (Fsp3) is 0.381. The van der Waals surface area contributed by atoms with Gasteiger partial charge in [0, 0.05) is 6.42 Å². The molecule has 5 atom stereocenters. The van der Waals surface area contributed by atoms with Gasteiger partial charge in [0.25, 0.3) is 0 Å². The number of carboxylic acids is 1. The summed E-state index contributed by atoms with van der Waals surface area (Å²) in [5.41, 5.74) is 1.42. The SMILES string of the molecule is O=C(N[C@@H](Cc1ncnc2c1ncn2[C@@H]1O[C@H](CO)[C@@H](O)[C@H]1O)C(=O)O)OCc1ccccc1. The standard InChI is InChI=1S/C21H23N5O8/c27-7-14-16(28)17(29)19(34-14)26-10-24-15-12(22-9-23-18(15)26)6-13(20(30)31)25-21(32)33-8-11-4-2-1-3-5-11/h1-5,9-10,13-14,16-17,19,27-29H,6-8H2,(H,25,32)(H,30,31)/t13-,14+,16+,17+,19+/m0/s1. The Morgan fingerprint density at radius 1 is 1.15 bits per heavy atom. The van der Waals surface area contributed by atoms with Crippen molar-refractivity contribution in [1.82, 2.24) is 24.8 Å². The van der Waals surface area contributed by atoms with Crippen LogP contribution >= 0.6 is 0 Å². The number of imidazole rings is 1. The Balaban J connectivity index is 1.49. The summed E-state index contributed by atoms with van der Waals surface area (Å²) < 4.78 is 12.0. The number of hydrogen-bond donors (Lipinski definition) is 5. The first kappa shape index (κ1) is 23.5. The molecule has 1 saturated heterocycles. The molecular formula is C21H23N5O8. The van der Waals surface area contributed by atoms with E-state index < -0.39 is 49.3 Å². The van der Waals surface area contributed by atoms with Crippen molar-refractivity contribution in [3.63, 3.8) is 0 Å². The predicted molar refractivity (Wildman–Crippen MR) is 113 cm³/mol. The van der Waals surface area contributed by atoms with Gasteiger partial charge in [0.2, 0.25) is 0 Å². The first-order valence-electron chi connectivity index (χ1n) is 10.4. The summed E-state index contributed by atoms with van der Waals surface area (Å²) in [6.45, 7) is -0.514. The minimum Gasteiger partial charge on any atom is -0.480 e. The number of aliphatic hydroxyl groups is 3. The van der Waals surface area contributed by atoms with Crippen LogP contribution in [0, 0.1) is 0 Å². The Labute approximate surface area is 192 Å².